The summed E-state index contributed by atoms with van der Waals surface area (Å²) in [7, 11) is 0. The van der Waals surface area contributed by atoms with Crippen molar-refractivity contribution in [1.82, 2.24) is 0 Å². The number of rotatable bonds is 22. The maximum absolute atomic E-state index is 12.1. The van der Waals surface area contributed by atoms with Gasteiger partial charge in [0.25, 0.3) is 0 Å². The van der Waals surface area contributed by atoms with E-state index in [0.29, 0.717) is 0 Å². The maximum atomic E-state index is 12.1. The summed E-state index contributed by atoms with van der Waals surface area (Å²) in [6, 6.07) is 0. The van der Waals surface area contributed by atoms with Crippen molar-refractivity contribution in [2.24, 2.45) is 5.41 Å². The van der Waals surface area contributed by atoms with E-state index >= 15 is 0 Å². The molecule has 0 saturated carbocycles. The summed E-state index contributed by atoms with van der Waals surface area (Å²) in [5, 5.41) is 0. The predicted octanol–water partition coefficient (Wildman–Crippen LogP) is 9.42. The van der Waals surface area contributed by atoms with E-state index in [4.69, 9.17) is 0 Å². The predicted molar refractivity (Wildman–Crippen MR) is 122 cm³/mol. The molecular weight excluding hydrogens is 328 g/mol. The molecule has 0 heterocycles. The molecular formula is C26H52O. The van der Waals surface area contributed by atoms with Gasteiger partial charge in [0.05, 0.1) is 0 Å². The lowest BCUT2D eigenvalue weighted by Crippen LogP contribution is -2.23. The minimum absolute atomic E-state index is 0.000267. The van der Waals surface area contributed by atoms with Gasteiger partial charge in [0.15, 0.2) is 0 Å². The molecule has 0 radical (unpaired) electrons. The fourth-order valence-electron chi connectivity index (χ4n) is 4.32. The Hall–Kier alpha value is -0.330. The van der Waals surface area contributed by atoms with Gasteiger partial charge in [0.2, 0.25) is 0 Å². The van der Waals surface area contributed by atoms with E-state index in [1.807, 2.05) is 0 Å². The molecule has 1 nitrogen and oxygen atoms in total. The Morgan fingerprint density at radius 2 is 0.704 bits per heavy atom. The molecule has 0 N–H and O–H groups in total. The average Bonchev–Trinajstić information content (AvgIpc) is 2.69. The zero-order valence-electron chi connectivity index (χ0n) is 19.3. The van der Waals surface area contributed by atoms with Crippen LogP contribution in [0.1, 0.15) is 156 Å². The molecule has 0 saturated heterocycles. The van der Waals surface area contributed by atoms with Gasteiger partial charge in [-0.2, -0.15) is 0 Å². The highest BCUT2D eigenvalue weighted by atomic mass is 16.1. The number of unbranched alkanes of at least 4 members (excludes halogenated alkanes) is 15. The van der Waals surface area contributed by atoms with Gasteiger partial charge >= 0.3 is 0 Å². The summed E-state index contributed by atoms with van der Waals surface area (Å²) >= 11 is 0. The van der Waals surface area contributed by atoms with E-state index in [1.165, 1.54) is 122 Å². The van der Waals surface area contributed by atoms with Crippen LogP contribution in [0.15, 0.2) is 0 Å². The lowest BCUT2D eigenvalue weighted by molar-refractivity contribution is -0.117. The SMILES string of the molecule is CCCCCCCCC(C=O)(CCCCCCCC)CCCCCCCC. The molecule has 0 unspecified atom stereocenters. The van der Waals surface area contributed by atoms with Gasteiger partial charge in [0, 0.05) is 5.41 Å². The summed E-state index contributed by atoms with van der Waals surface area (Å²) in [5.41, 5.74) is 0.000267. The van der Waals surface area contributed by atoms with Crippen molar-refractivity contribution in [2.45, 2.75) is 156 Å². The van der Waals surface area contributed by atoms with Crippen LogP contribution in [0.2, 0.25) is 0 Å². The third-order valence-corrected chi connectivity index (χ3v) is 6.33. The van der Waals surface area contributed by atoms with E-state index in [2.05, 4.69) is 20.8 Å². The van der Waals surface area contributed by atoms with E-state index in [0.717, 1.165) is 19.3 Å². The van der Waals surface area contributed by atoms with Gasteiger partial charge in [-0.25, -0.2) is 0 Å². The summed E-state index contributed by atoms with van der Waals surface area (Å²) in [4.78, 5) is 12.1. The van der Waals surface area contributed by atoms with Gasteiger partial charge in [0.1, 0.15) is 6.29 Å². The number of carbonyl (C=O) groups is 1. The normalized spacial score (nSPS) is 11.8. The number of hydrogen-bond acceptors (Lipinski definition) is 1. The molecule has 162 valence electrons. The monoisotopic (exact) mass is 380 g/mol. The fourth-order valence-corrected chi connectivity index (χ4v) is 4.32. The van der Waals surface area contributed by atoms with Crippen molar-refractivity contribution in [3.05, 3.63) is 0 Å². The van der Waals surface area contributed by atoms with Crippen LogP contribution in [0.5, 0.6) is 0 Å². The van der Waals surface area contributed by atoms with Crippen molar-refractivity contribution in [1.29, 1.82) is 0 Å². The van der Waals surface area contributed by atoms with Crippen molar-refractivity contribution in [3.8, 4) is 0 Å². The topological polar surface area (TPSA) is 17.1 Å². The smallest absolute Gasteiger partial charge is 0.126 e. The van der Waals surface area contributed by atoms with E-state index < -0.39 is 0 Å². The number of hydrogen-bond donors (Lipinski definition) is 0. The highest BCUT2D eigenvalue weighted by Crippen LogP contribution is 2.35. The van der Waals surface area contributed by atoms with Crippen LogP contribution in [-0.4, -0.2) is 6.29 Å². The van der Waals surface area contributed by atoms with Gasteiger partial charge in [-0.15, -0.1) is 0 Å². The van der Waals surface area contributed by atoms with Crippen molar-refractivity contribution >= 4 is 6.29 Å². The zero-order valence-corrected chi connectivity index (χ0v) is 19.3. The molecule has 0 rings (SSSR count). The fraction of sp³-hybridized carbons (Fsp3) is 0.962. The van der Waals surface area contributed by atoms with Crippen LogP contribution in [0.3, 0.4) is 0 Å². The third-order valence-electron chi connectivity index (χ3n) is 6.33. The molecule has 0 atom stereocenters. The molecule has 1 heteroatoms. The Labute approximate surface area is 172 Å². The molecule has 0 spiro atoms. The first-order valence-corrected chi connectivity index (χ1v) is 12.7. The third kappa shape index (κ3) is 16.3. The van der Waals surface area contributed by atoms with Gasteiger partial charge < -0.3 is 4.79 Å². The average molecular weight is 381 g/mol. The molecule has 0 fully saturated rings. The van der Waals surface area contributed by atoms with Crippen LogP contribution >= 0.6 is 0 Å². The van der Waals surface area contributed by atoms with Crippen LogP contribution in [0, 0.1) is 5.41 Å². The Kier molecular flexibility index (Phi) is 20.2. The number of aldehydes is 1. The van der Waals surface area contributed by atoms with Crippen molar-refractivity contribution < 1.29 is 4.79 Å². The molecule has 0 aromatic heterocycles. The first-order valence-electron chi connectivity index (χ1n) is 12.7. The molecule has 0 aliphatic carbocycles. The van der Waals surface area contributed by atoms with Crippen LogP contribution in [-0.2, 0) is 4.79 Å². The number of carbonyl (C=O) groups excluding carboxylic acids is 1. The highest BCUT2D eigenvalue weighted by molar-refractivity contribution is 5.59. The maximum Gasteiger partial charge on any atom is 0.126 e. The summed E-state index contributed by atoms with van der Waals surface area (Å²) in [5.74, 6) is 0. The molecule has 0 aliphatic heterocycles. The summed E-state index contributed by atoms with van der Waals surface area (Å²) < 4.78 is 0. The van der Waals surface area contributed by atoms with Crippen LogP contribution in [0.4, 0.5) is 0 Å². The largest absolute Gasteiger partial charge is 0.303 e. The molecule has 0 aliphatic rings. The van der Waals surface area contributed by atoms with E-state index in [-0.39, 0.29) is 5.41 Å². The second-order valence-electron chi connectivity index (χ2n) is 9.03. The highest BCUT2D eigenvalue weighted by Gasteiger charge is 2.28. The molecule has 0 aromatic rings. The Balaban J connectivity index is 4.25. The van der Waals surface area contributed by atoms with E-state index in [9.17, 15) is 4.79 Å². The van der Waals surface area contributed by atoms with Crippen LogP contribution in [0.25, 0.3) is 0 Å². The summed E-state index contributed by atoms with van der Waals surface area (Å²) in [6.45, 7) is 6.83. The minimum atomic E-state index is 0.000267. The van der Waals surface area contributed by atoms with Crippen molar-refractivity contribution in [3.63, 3.8) is 0 Å². The van der Waals surface area contributed by atoms with Gasteiger partial charge in [-0.1, -0.05) is 136 Å². The van der Waals surface area contributed by atoms with Crippen LogP contribution < -0.4 is 0 Å². The van der Waals surface area contributed by atoms with Gasteiger partial charge in [-0.05, 0) is 19.3 Å². The Morgan fingerprint density at radius 3 is 0.963 bits per heavy atom. The first kappa shape index (κ1) is 26.7. The molecule has 0 aromatic carbocycles. The Morgan fingerprint density at radius 1 is 0.444 bits per heavy atom. The lowest BCUT2D eigenvalue weighted by atomic mass is 9.75. The quantitative estimate of drug-likeness (QED) is 0.135. The first-order chi connectivity index (χ1) is 13.2. The lowest BCUT2D eigenvalue weighted by Gasteiger charge is -2.28. The Bertz CT molecular complexity index is 256. The molecule has 0 bridgehead atoms. The van der Waals surface area contributed by atoms with E-state index in [1.54, 1.807) is 0 Å². The molecule has 0 amide bonds. The van der Waals surface area contributed by atoms with Gasteiger partial charge in [-0.3, -0.25) is 0 Å². The standard InChI is InChI=1S/C26H52O/c1-4-7-10-13-16-19-22-26(25-27,23-20-17-14-11-8-5-2)24-21-18-15-12-9-6-3/h25H,4-24H2,1-3H3. The van der Waals surface area contributed by atoms with Crippen molar-refractivity contribution in [2.75, 3.05) is 0 Å². The minimum Gasteiger partial charge on any atom is -0.303 e. The second-order valence-corrected chi connectivity index (χ2v) is 9.03. The second kappa shape index (κ2) is 20.4. The molecule has 27 heavy (non-hydrogen) atoms. The zero-order chi connectivity index (χ0) is 20.1. The summed E-state index contributed by atoms with van der Waals surface area (Å²) in [6.07, 6.45) is 28.8.